The Balaban J connectivity index is 2.88. The van der Waals surface area contributed by atoms with Crippen LogP contribution in [0.4, 0.5) is 0 Å². The molecule has 0 aliphatic rings. The van der Waals surface area contributed by atoms with E-state index in [1.54, 1.807) is 0 Å². The second-order valence-electron chi connectivity index (χ2n) is 5.19. The van der Waals surface area contributed by atoms with Gasteiger partial charge in [-0.25, -0.2) is 0 Å². The molecule has 0 aromatic heterocycles. The van der Waals surface area contributed by atoms with Crippen LogP contribution in [0.1, 0.15) is 20.3 Å². The summed E-state index contributed by atoms with van der Waals surface area (Å²) in [6.45, 7) is 13.6. The fourth-order valence-corrected chi connectivity index (χ4v) is 4.16. The second kappa shape index (κ2) is 4.80. The van der Waals surface area contributed by atoms with Crippen molar-refractivity contribution < 1.29 is 0 Å². The average molecular weight is 218 g/mol. The summed E-state index contributed by atoms with van der Waals surface area (Å²) in [5.74, 6) is 0.716. The number of allylic oxidation sites excluding steroid dienone is 1. The molecule has 15 heavy (non-hydrogen) atoms. The molecule has 0 amide bonds. The molecular formula is C14H22Si. The lowest BCUT2D eigenvalue weighted by Crippen LogP contribution is -2.43. The van der Waals surface area contributed by atoms with E-state index in [-0.39, 0.29) is 0 Å². The summed E-state index contributed by atoms with van der Waals surface area (Å²) in [6, 6.07) is 10.8. The van der Waals surface area contributed by atoms with Gasteiger partial charge in [0.1, 0.15) is 8.07 Å². The van der Waals surface area contributed by atoms with Crippen molar-refractivity contribution in [2.24, 2.45) is 5.92 Å². The van der Waals surface area contributed by atoms with Gasteiger partial charge < -0.3 is 0 Å². The normalized spacial score (nSPS) is 11.8. The number of hydrogen-bond donors (Lipinski definition) is 0. The maximum atomic E-state index is 4.30. The third-order valence-corrected chi connectivity index (χ3v) is 6.78. The van der Waals surface area contributed by atoms with Crippen molar-refractivity contribution in [1.29, 1.82) is 0 Å². The van der Waals surface area contributed by atoms with E-state index in [1.807, 2.05) is 0 Å². The number of benzene rings is 1. The third kappa shape index (κ3) is 3.06. The molecule has 0 nitrogen and oxygen atoms in total. The van der Waals surface area contributed by atoms with Crippen LogP contribution in [0.5, 0.6) is 0 Å². The predicted molar refractivity (Wildman–Crippen MR) is 72.2 cm³/mol. The van der Waals surface area contributed by atoms with Gasteiger partial charge in [-0.1, -0.05) is 67.7 Å². The number of rotatable bonds is 4. The van der Waals surface area contributed by atoms with Gasteiger partial charge in [-0.05, 0) is 12.3 Å². The van der Waals surface area contributed by atoms with Gasteiger partial charge in [0.15, 0.2) is 0 Å². The molecule has 0 radical (unpaired) electrons. The molecule has 0 heterocycles. The van der Waals surface area contributed by atoms with Crippen molar-refractivity contribution >= 4 is 13.3 Å². The van der Waals surface area contributed by atoms with Crippen LogP contribution in [0.2, 0.25) is 13.1 Å². The molecule has 1 rings (SSSR count). The molecule has 0 aliphatic heterocycles. The Morgan fingerprint density at radius 1 is 1.20 bits per heavy atom. The lowest BCUT2D eigenvalue weighted by Gasteiger charge is -2.27. The van der Waals surface area contributed by atoms with Crippen LogP contribution >= 0.6 is 0 Å². The Hall–Kier alpha value is -0.823. The van der Waals surface area contributed by atoms with Crippen molar-refractivity contribution in [1.82, 2.24) is 0 Å². The SMILES string of the molecule is C=C(CC(C)C)[Si](C)(C)c1ccccc1. The van der Waals surface area contributed by atoms with Crippen LogP contribution in [0.15, 0.2) is 42.1 Å². The highest BCUT2D eigenvalue weighted by atomic mass is 28.3. The van der Waals surface area contributed by atoms with Crippen LogP contribution in [0.25, 0.3) is 0 Å². The van der Waals surface area contributed by atoms with Crippen molar-refractivity contribution in [3.05, 3.63) is 42.1 Å². The lowest BCUT2D eigenvalue weighted by molar-refractivity contribution is 0.655. The Morgan fingerprint density at radius 2 is 1.73 bits per heavy atom. The van der Waals surface area contributed by atoms with E-state index in [1.165, 1.54) is 10.4 Å². The van der Waals surface area contributed by atoms with Crippen LogP contribution in [0, 0.1) is 5.92 Å². The molecule has 0 N–H and O–H groups in total. The van der Waals surface area contributed by atoms with Crippen LogP contribution < -0.4 is 5.19 Å². The maximum absolute atomic E-state index is 4.30. The summed E-state index contributed by atoms with van der Waals surface area (Å²) in [7, 11) is -1.44. The van der Waals surface area contributed by atoms with Crippen LogP contribution in [-0.4, -0.2) is 8.07 Å². The summed E-state index contributed by atoms with van der Waals surface area (Å²) < 4.78 is 0. The van der Waals surface area contributed by atoms with E-state index >= 15 is 0 Å². The minimum atomic E-state index is -1.44. The summed E-state index contributed by atoms with van der Waals surface area (Å²) in [5.41, 5.74) is 0. The fourth-order valence-electron chi connectivity index (χ4n) is 1.81. The van der Waals surface area contributed by atoms with E-state index in [0.29, 0.717) is 5.92 Å². The highest BCUT2D eigenvalue weighted by molar-refractivity contribution is 6.95. The molecule has 0 atom stereocenters. The van der Waals surface area contributed by atoms with Crippen molar-refractivity contribution in [3.8, 4) is 0 Å². The molecule has 0 saturated heterocycles. The monoisotopic (exact) mass is 218 g/mol. The maximum Gasteiger partial charge on any atom is 0.106 e. The first-order valence-corrected chi connectivity index (χ1v) is 8.68. The largest absolute Gasteiger partial charge is 0.106 e. The standard InChI is InChI=1S/C14H22Si/c1-12(2)11-13(3)15(4,5)14-9-7-6-8-10-14/h6-10,12H,3,11H2,1-2,4-5H3. The summed E-state index contributed by atoms with van der Waals surface area (Å²) in [5, 5.41) is 2.96. The topological polar surface area (TPSA) is 0 Å². The van der Waals surface area contributed by atoms with Crippen LogP contribution in [0.3, 0.4) is 0 Å². The zero-order valence-electron chi connectivity index (χ0n) is 10.4. The van der Waals surface area contributed by atoms with Gasteiger partial charge in [0, 0.05) is 0 Å². The first-order valence-electron chi connectivity index (χ1n) is 5.68. The van der Waals surface area contributed by atoms with Gasteiger partial charge in [0.2, 0.25) is 0 Å². The first kappa shape index (κ1) is 12.2. The minimum Gasteiger partial charge on any atom is -0.103 e. The van der Waals surface area contributed by atoms with Gasteiger partial charge in [-0.15, -0.1) is 6.58 Å². The Bertz CT molecular complexity index is 322. The molecule has 0 bridgehead atoms. The molecule has 0 unspecified atom stereocenters. The van der Waals surface area contributed by atoms with Crippen molar-refractivity contribution in [2.45, 2.75) is 33.4 Å². The molecule has 0 saturated carbocycles. The Morgan fingerprint density at radius 3 is 2.20 bits per heavy atom. The molecule has 1 aromatic rings. The van der Waals surface area contributed by atoms with Gasteiger partial charge in [0.25, 0.3) is 0 Å². The molecule has 0 spiro atoms. The number of hydrogen-bond acceptors (Lipinski definition) is 0. The molecule has 82 valence electrons. The molecule has 1 aromatic carbocycles. The van der Waals surface area contributed by atoms with Crippen molar-refractivity contribution in [3.63, 3.8) is 0 Å². The Labute approximate surface area is 95.0 Å². The fraction of sp³-hybridized carbons (Fsp3) is 0.429. The van der Waals surface area contributed by atoms with E-state index in [2.05, 4.69) is 63.9 Å². The van der Waals surface area contributed by atoms with Crippen molar-refractivity contribution in [2.75, 3.05) is 0 Å². The smallest absolute Gasteiger partial charge is 0.103 e. The van der Waals surface area contributed by atoms with E-state index in [0.717, 1.165) is 6.42 Å². The molecule has 0 aliphatic carbocycles. The summed E-state index contributed by atoms with van der Waals surface area (Å²) in [4.78, 5) is 0. The quantitative estimate of drug-likeness (QED) is 0.675. The molecule has 0 fully saturated rings. The van der Waals surface area contributed by atoms with E-state index in [9.17, 15) is 0 Å². The highest BCUT2D eigenvalue weighted by Crippen LogP contribution is 2.20. The van der Waals surface area contributed by atoms with Gasteiger partial charge in [-0.2, -0.15) is 0 Å². The van der Waals surface area contributed by atoms with Gasteiger partial charge in [0.05, 0.1) is 0 Å². The minimum absolute atomic E-state index is 0.716. The zero-order chi connectivity index (χ0) is 11.5. The molecule has 1 heteroatoms. The molecular weight excluding hydrogens is 196 g/mol. The zero-order valence-corrected chi connectivity index (χ0v) is 11.4. The van der Waals surface area contributed by atoms with Gasteiger partial charge in [-0.3, -0.25) is 0 Å². The lowest BCUT2D eigenvalue weighted by atomic mass is 10.1. The van der Waals surface area contributed by atoms with Gasteiger partial charge >= 0.3 is 0 Å². The van der Waals surface area contributed by atoms with E-state index in [4.69, 9.17) is 0 Å². The highest BCUT2D eigenvalue weighted by Gasteiger charge is 2.26. The summed E-state index contributed by atoms with van der Waals surface area (Å²) >= 11 is 0. The second-order valence-corrected chi connectivity index (χ2v) is 9.73. The van der Waals surface area contributed by atoms with E-state index < -0.39 is 8.07 Å². The first-order chi connectivity index (χ1) is 6.94. The third-order valence-electron chi connectivity index (χ3n) is 3.03. The Kier molecular flexibility index (Phi) is 3.92. The predicted octanol–water partition coefficient (Wildman–Crippen LogP) is 3.74. The van der Waals surface area contributed by atoms with Crippen LogP contribution in [-0.2, 0) is 0 Å². The summed E-state index contributed by atoms with van der Waals surface area (Å²) in [6.07, 6.45) is 1.16. The average Bonchev–Trinajstić information content (AvgIpc) is 2.18.